The molecule has 1 amide bonds. The number of carbonyl (C=O) groups is 1. The van der Waals surface area contributed by atoms with Crippen molar-refractivity contribution in [1.29, 1.82) is 0 Å². The quantitative estimate of drug-likeness (QED) is 0.660. The normalized spacial score (nSPS) is 17.6. The summed E-state index contributed by atoms with van der Waals surface area (Å²) >= 11 is 0. The van der Waals surface area contributed by atoms with Crippen molar-refractivity contribution in [3.8, 4) is 5.69 Å². The Morgan fingerprint density at radius 1 is 1.21 bits per heavy atom. The molecule has 1 atom stereocenters. The number of benzene rings is 2. The smallest absolute Gasteiger partial charge is 0.226 e. The molecule has 1 fully saturated rings. The summed E-state index contributed by atoms with van der Waals surface area (Å²) < 4.78 is 15.6. The lowest BCUT2D eigenvalue weighted by molar-refractivity contribution is -0.135. The van der Waals surface area contributed by atoms with Gasteiger partial charge in [0.2, 0.25) is 5.91 Å². The lowest BCUT2D eigenvalue weighted by Crippen LogP contribution is -2.43. The first-order valence-corrected chi connectivity index (χ1v) is 10.3. The highest BCUT2D eigenvalue weighted by atomic mass is 19.1. The Morgan fingerprint density at radius 2 is 1.97 bits per heavy atom. The fourth-order valence-electron chi connectivity index (χ4n) is 4.13. The molecule has 5 nitrogen and oxygen atoms in total. The minimum atomic E-state index is -0.253. The average molecular weight is 394 g/mol. The maximum absolute atomic E-state index is 13.5. The molecular weight excluding hydrogens is 367 g/mol. The summed E-state index contributed by atoms with van der Waals surface area (Å²) in [5.74, 6) is 0.925. The van der Waals surface area contributed by atoms with E-state index >= 15 is 0 Å². The van der Waals surface area contributed by atoms with E-state index in [0.717, 1.165) is 55.0 Å². The van der Waals surface area contributed by atoms with Gasteiger partial charge in [-0.05, 0) is 62.7 Å². The molecule has 3 aromatic rings. The molecule has 6 heteroatoms. The number of piperidine rings is 1. The molecule has 0 aliphatic carbocycles. The number of nitrogens with zero attached hydrogens (tertiary/aromatic N) is 4. The lowest BCUT2D eigenvalue weighted by atomic mass is 9.96. The number of halogens is 1. The van der Waals surface area contributed by atoms with Crippen LogP contribution in [-0.4, -0.2) is 51.9 Å². The van der Waals surface area contributed by atoms with Crippen LogP contribution in [0.2, 0.25) is 0 Å². The van der Waals surface area contributed by atoms with Crippen LogP contribution in [0, 0.1) is 11.7 Å². The Labute approximate surface area is 170 Å². The van der Waals surface area contributed by atoms with Crippen LogP contribution in [0.25, 0.3) is 16.7 Å². The molecular formula is C23H27FN4O. The number of imidazole rings is 1. The zero-order valence-electron chi connectivity index (χ0n) is 17.0. The van der Waals surface area contributed by atoms with Gasteiger partial charge in [-0.3, -0.25) is 14.3 Å². The lowest BCUT2D eigenvalue weighted by Gasteiger charge is -2.33. The molecule has 1 aromatic heterocycles. The Hall–Kier alpha value is -2.73. The third kappa shape index (κ3) is 4.03. The summed E-state index contributed by atoms with van der Waals surface area (Å²) in [6.45, 7) is 5.09. The predicted molar refractivity (Wildman–Crippen MR) is 112 cm³/mol. The Morgan fingerprint density at radius 3 is 2.72 bits per heavy atom. The highest BCUT2D eigenvalue weighted by Crippen LogP contribution is 2.25. The zero-order valence-corrected chi connectivity index (χ0v) is 17.0. The highest BCUT2D eigenvalue weighted by molar-refractivity contribution is 5.79. The van der Waals surface area contributed by atoms with Gasteiger partial charge < -0.3 is 4.90 Å². The van der Waals surface area contributed by atoms with Crippen molar-refractivity contribution in [3.63, 3.8) is 0 Å². The largest absolute Gasteiger partial charge is 0.346 e. The SMILES string of the molecule is CCN(C)C(=O)[C@H]1CCCN(Cc2nc3ccccc3n2-c2ccc(F)cc2)C1. The van der Waals surface area contributed by atoms with Gasteiger partial charge in [0, 0.05) is 25.8 Å². The third-order valence-corrected chi connectivity index (χ3v) is 5.79. The van der Waals surface area contributed by atoms with Crippen molar-refractivity contribution < 1.29 is 9.18 Å². The van der Waals surface area contributed by atoms with E-state index in [2.05, 4.69) is 9.47 Å². The zero-order chi connectivity index (χ0) is 20.4. The number of hydrogen-bond acceptors (Lipinski definition) is 3. The van der Waals surface area contributed by atoms with E-state index in [1.54, 1.807) is 12.1 Å². The van der Waals surface area contributed by atoms with Crippen LogP contribution >= 0.6 is 0 Å². The van der Waals surface area contributed by atoms with Crippen LogP contribution in [0.4, 0.5) is 4.39 Å². The molecule has 0 saturated carbocycles. The van der Waals surface area contributed by atoms with Crippen molar-refractivity contribution in [2.75, 3.05) is 26.7 Å². The number of rotatable bonds is 5. The fraction of sp³-hybridized carbons (Fsp3) is 0.391. The molecule has 1 saturated heterocycles. The monoisotopic (exact) mass is 394 g/mol. The first-order chi connectivity index (χ1) is 14.1. The maximum Gasteiger partial charge on any atom is 0.226 e. The molecule has 0 spiro atoms. The number of likely N-dealkylation sites (tertiary alicyclic amines) is 1. The molecule has 2 aromatic carbocycles. The van der Waals surface area contributed by atoms with Gasteiger partial charge in [-0.1, -0.05) is 12.1 Å². The van der Waals surface area contributed by atoms with E-state index in [9.17, 15) is 9.18 Å². The molecule has 0 unspecified atom stereocenters. The number of aromatic nitrogens is 2. The molecule has 0 radical (unpaired) electrons. The number of para-hydroxylation sites is 2. The molecule has 152 valence electrons. The van der Waals surface area contributed by atoms with Crippen molar-refractivity contribution in [2.24, 2.45) is 5.92 Å². The van der Waals surface area contributed by atoms with Crippen LogP contribution in [0.1, 0.15) is 25.6 Å². The standard InChI is InChI=1S/C23H27FN4O/c1-3-26(2)23(29)17-7-6-14-27(15-17)16-22-25-20-8-4-5-9-21(20)28(22)19-12-10-18(24)11-13-19/h4-5,8-13,17H,3,6-7,14-16H2,1-2H3/t17-/m0/s1. The fourth-order valence-corrected chi connectivity index (χ4v) is 4.13. The second-order valence-electron chi connectivity index (χ2n) is 7.76. The van der Waals surface area contributed by atoms with Crippen LogP contribution in [0.3, 0.4) is 0 Å². The average Bonchev–Trinajstić information content (AvgIpc) is 3.11. The van der Waals surface area contributed by atoms with Gasteiger partial charge in [-0.25, -0.2) is 9.37 Å². The number of hydrogen-bond donors (Lipinski definition) is 0. The van der Waals surface area contributed by atoms with Gasteiger partial charge in [0.25, 0.3) is 0 Å². The van der Waals surface area contributed by atoms with Gasteiger partial charge in [0.1, 0.15) is 11.6 Å². The molecule has 1 aliphatic rings. The first kappa shape index (κ1) is 19.6. The number of amides is 1. The van der Waals surface area contributed by atoms with E-state index < -0.39 is 0 Å². The summed E-state index contributed by atoms with van der Waals surface area (Å²) in [4.78, 5) is 21.6. The van der Waals surface area contributed by atoms with E-state index in [1.165, 1.54) is 12.1 Å². The number of carbonyl (C=O) groups excluding carboxylic acids is 1. The Kier molecular flexibility index (Phi) is 5.62. The van der Waals surface area contributed by atoms with Gasteiger partial charge in [-0.2, -0.15) is 0 Å². The van der Waals surface area contributed by atoms with Crippen molar-refractivity contribution >= 4 is 16.9 Å². The molecule has 0 bridgehead atoms. The van der Waals surface area contributed by atoms with Gasteiger partial charge in [-0.15, -0.1) is 0 Å². The van der Waals surface area contributed by atoms with Crippen LogP contribution < -0.4 is 0 Å². The summed E-state index contributed by atoms with van der Waals surface area (Å²) in [5, 5.41) is 0. The molecule has 2 heterocycles. The van der Waals surface area contributed by atoms with Gasteiger partial charge in [0.05, 0.1) is 23.5 Å². The first-order valence-electron chi connectivity index (χ1n) is 10.3. The van der Waals surface area contributed by atoms with Crippen LogP contribution in [-0.2, 0) is 11.3 Å². The highest BCUT2D eigenvalue weighted by Gasteiger charge is 2.28. The Balaban J connectivity index is 1.63. The van der Waals surface area contributed by atoms with Crippen molar-refractivity contribution in [1.82, 2.24) is 19.4 Å². The number of fused-ring (bicyclic) bond motifs is 1. The second kappa shape index (κ2) is 8.33. The molecule has 1 aliphatic heterocycles. The van der Waals surface area contributed by atoms with E-state index in [0.29, 0.717) is 6.54 Å². The third-order valence-electron chi connectivity index (χ3n) is 5.79. The minimum Gasteiger partial charge on any atom is -0.346 e. The summed E-state index contributed by atoms with van der Waals surface area (Å²) in [7, 11) is 1.87. The topological polar surface area (TPSA) is 41.4 Å². The van der Waals surface area contributed by atoms with E-state index in [-0.39, 0.29) is 17.6 Å². The van der Waals surface area contributed by atoms with Crippen LogP contribution in [0.5, 0.6) is 0 Å². The predicted octanol–water partition coefficient (Wildman–Crippen LogP) is 3.85. The van der Waals surface area contributed by atoms with E-state index in [1.807, 2.05) is 43.1 Å². The summed E-state index contributed by atoms with van der Waals surface area (Å²) in [6.07, 6.45) is 1.94. The van der Waals surface area contributed by atoms with Gasteiger partial charge in [0.15, 0.2) is 0 Å². The van der Waals surface area contributed by atoms with Gasteiger partial charge >= 0.3 is 0 Å². The minimum absolute atomic E-state index is 0.0392. The second-order valence-corrected chi connectivity index (χ2v) is 7.76. The van der Waals surface area contributed by atoms with E-state index in [4.69, 9.17) is 4.98 Å². The van der Waals surface area contributed by atoms with Crippen LogP contribution in [0.15, 0.2) is 48.5 Å². The Bertz CT molecular complexity index is 998. The molecule has 29 heavy (non-hydrogen) atoms. The van der Waals surface area contributed by atoms with Crippen molar-refractivity contribution in [3.05, 3.63) is 60.2 Å². The molecule has 0 N–H and O–H groups in total. The maximum atomic E-state index is 13.5. The summed E-state index contributed by atoms with van der Waals surface area (Å²) in [6, 6.07) is 14.5. The van der Waals surface area contributed by atoms with Crippen molar-refractivity contribution in [2.45, 2.75) is 26.3 Å². The molecule has 4 rings (SSSR count). The summed E-state index contributed by atoms with van der Waals surface area (Å²) in [5.41, 5.74) is 2.82.